The van der Waals surface area contributed by atoms with Crippen LogP contribution >= 0.6 is 0 Å². The van der Waals surface area contributed by atoms with Gasteiger partial charge in [0.25, 0.3) is 0 Å². The molecular weight excluding hydrogens is 338 g/mol. The van der Waals surface area contributed by atoms with Crippen LogP contribution in [0.2, 0.25) is 0 Å². The number of sulfone groups is 1. The van der Waals surface area contributed by atoms with Crippen LogP contribution in [0.4, 0.5) is 4.79 Å². The minimum absolute atomic E-state index is 0.0632. The number of methoxy groups -OCH3 is 1. The second-order valence-electron chi connectivity index (χ2n) is 5.05. The van der Waals surface area contributed by atoms with E-state index in [0.29, 0.717) is 5.75 Å². The minimum atomic E-state index is -3.33. The average molecular weight is 355 g/mol. The van der Waals surface area contributed by atoms with Gasteiger partial charge in [0.15, 0.2) is 21.8 Å². The highest BCUT2D eigenvalue weighted by atomic mass is 32.2. The highest BCUT2D eigenvalue weighted by Crippen LogP contribution is 2.21. The number of hydrogen-bond donors (Lipinski definition) is 1. The number of carbonyl (C=O) groups is 1. The van der Waals surface area contributed by atoms with Gasteiger partial charge in [0.1, 0.15) is 5.75 Å². The van der Waals surface area contributed by atoms with Crippen LogP contribution in [-0.4, -0.2) is 48.1 Å². The molecule has 0 fully saturated rings. The molecule has 2 rings (SSSR count). The molecule has 0 spiro atoms. The van der Waals surface area contributed by atoms with Gasteiger partial charge in [-0.1, -0.05) is 12.1 Å². The zero-order valence-corrected chi connectivity index (χ0v) is 13.9. The second kappa shape index (κ2) is 7.25. The van der Waals surface area contributed by atoms with E-state index < -0.39 is 27.9 Å². The summed E-state index contributed by atoms with van der Waals surface area (Å²) >= 11 is 0. The van der Waals surface area contributed by atoms with Crippen LogP contribution in [0.1, 0.15) is 17.5 Å². The molecular formula is C13H17N5O5S. The topological polar surface area (TPSA) is 139 Å². The average Bonchev–Trinajstić information content (AvgIpc) is 2.93. The van der Waals surface area contributed by atoms with Crippen molar-refractivity contribution in [3.63, 3.8) is 0 Å². The molecule has 1 heterocycles. The molecule has 0 radical (unpaired) electrons. The number of benzene rings is 1. The summed E-state index contributed by atoms with van der Waals surface area (Å²) in [6.07, 6.45) is -0.584. The molecule has 0 unspecified atom stereocenters. The van der Waals surface area contributed by atoms with Gasteiger partial charge >= 0.3 is 6.09 Å². The fourth-order valence-corrected chi connectivity index (χ4v) is 2.48. The normalized spacial score (nSPS) is 12.6. The van der Waals surface area contributed by atoms with Crippen molar-refractivity contribution in [3.05, 3.63) is 35.7 Å². The van der Waals surface area contributed by atoms with Crippen LogP contribution in [-0.2, 0) is 26.9 Å². The van der Waals surface area contributed by atoms with Gasteiger partial charge in [-0.3, -0.25) is 0 Å². The molecule has 0 aliphatic heterocycles. The number of nitrogens with two attached hydrogens (primary N) is 1. The van der Waals surface area contributed by atoms with Gasteiger partial charge in [0.05, 0.1) is 7.11 Å². The number of hydrogen-bond acceptors (Lipinski definition) is 8. The second-order valence-corrected chi connectivity index (χ2v) is 7.16. The molecule has 0 saturated heterocycles. The quantitative estimate of drug-likeness (QED) is 0.735. The Morgan fingerprint density at radius 3 is 2.54 bits per heavy atom. The number of ether oxygens (including phenoxy) is 2. The standard InChI is InChI=1S/C13H17N5O5S/c1-22-10-5-3-9(4-6-10)7-11(23-13(14)19)12-15-17-18(16-12)8-24(2,20)21/h3-6,11H,7-8H2,1-2H3,(H2,14,19)/t11-/m0/s1. The monoisotopic (exact) mass is 355 g/mol. The first-order valence-corrected chi connectivity index (χ1v) is 8.87. The molecule has 1 amide bonds. The third kappa shape index (κ3) is 5.19. The molecule has 10 nitrogen and oxygen atoms in total. The molecule has 1 aromatic carbocycles. The SMILES string of the molecule is COc1ccc(C[C@H](OC(N)=O)c2nnn(CS(C)(=O)=O)n2)cc1. The lowest BCUT2D eigenvalue weighted by Gasteiger charge is -2.13. The molecule has 1 atom stereocenters. The molecule has 2 aromatic rings. The van der Waals surface area contributed by atoms with Gasteiger partial charge in [0, 0.05) is 12.7 Å². The summed E-state index contributed by atoms with van der Waals surface area (Å²) in [4.78, 5) is 12.0. The van der Waals surface area contributed by atoms with Gasteiger partial charge < -0.3 is 15.2 Å². The third-order valence-corrected chi connectivity index (χ3v) is 3.64. The maximum atomic E-state index is 11.3. The van der Waals surface area contributed by atoms with Crippen molar-refractivity contribution >= 4 is 15.9 Å². The molecule has 24 heavy (non-hydrogen) atoms. The Labute approximate surface area is 138 Å². The zero-order valence-electron chi connectivity index (χ0n) is 13.1. The highest BCUT2D eigenvalue weighted by molar-refractivity contribution is 7.89. The predicted molar refractivity (Wildman–Crippen MR) is 82.8 cm³/mol. The number of amides is 1. The molecule has 0 bridgehead atoms. The van der Waals surface area contributed by atoms with Crippen LogP contribution in [0.15, 0.2) is 24.3 Å². The Morgan fingerprint density at radius 2 is 2.00 bits per heavy atom. The van der Waals surface area contributed by atoms with E-state index in [-0.39, 0.29) is 12.2 Å². The fraction of sp³-hybridized carbons (Fsp3) is 0.385. The number of tetrazole rings is 1. The zero-order chi connectivity index (χ0) is 17.7. The van der Waals surface area contributed by atoms with Crippen LogP contribution in [0.25, 0.3) is 0 Å². The van der Waals surface area contributed by atoms with Crippen LogP contribution < -0.4 is 10.5 Å². The Morgan fingerprint density at radius 1 is 1.33 bits per heavy atom. The summed E-state index contributed by atoms with van der Waals surface area (Å²) in [7, 11) is -1.77. The van der Waals surface area contributed by atoms with Crippen molar-refractivity contribution in [1.82, 2.24) is 20.2 Å². The van der Waals surface area contributed by atoms with E-state index in [0.717, 1.165) is 16.6 Å². The van der Waals surface area contributed by atoms with E-state index in [1.807, 2.05) is 0 Å². The Hall–Kier alpha value is -2.69. The van der Waals surface area contributed by atoms with E-state index in [1.54, 1.807) is 31.4 Å². The lowest BCUT2D eigenvalue weighted by Crippen LogP contribution is -2.20. The number of nitrogens with zero attached hydrogens (tertiary/aromatic N) is 4. The molecule has 11 heteroatoms. The van der Waals surface area contributed by atoms with Crippen LogP contribution in [0.5, 0.6) is 5.75 Å². The first-order chi connectivity index (χ1) is 11.3. The molecule has 0 saturated carbocycles. The lowest BCUT2D eigenvalue weighted by atomic mass is 10.1. The van der Waals surface area contributed by atoms with Gasteiger partial charge in [-0.05, 0) is 22.9 Å². The van der Waals surface area contributed by atoms with Gasteiger partial charge in [-0.15, -0.1) is 15.0 Å². The number of carbonyl (C=O) groups excluding carboxylic acids is 1. The lowest BCUT2D eigenvalue weighted by molar-refractivity contribution is 0.101. The third-order valence-electron chi connectivity index (χ3n) is 2.94. The van der Waals surface area contributed by atoms with Crippen molar-refractivity contribution in [1.29, 1.82) is 0 Å². The minimum Gasteiger partial charge on any atom is -0.497 e. The Balaban J connectivity index is 2.19. The molecule has 2 N–H and O–H groups in total. The van der Waals surface area contributed by atoms with Crippen molar-refractivity contribution in [2.24, 2.45) is 5.73 Å². The summed E-state index contributed by atoms with van der Waals surface area (Å²) in [6, 6.07) is 7.09. The van der Waals surface area contributed by atoms with Crippen molar-refractivity contribution in [3.8, 4) is 5.75 Å². The first-order valence-electron chi connectivity index (χ1n) is 6.81. The number of aromatic nitrogens is 4. The van der Waals surface area contributed by atoms with Crippen LogP contribution in [0.3, 0.4) is 0 Å². The smallest absolute Gasteiger partial charge is 0.405 e. The summed E-state index contributed by atoms with van der Waals surface area (Å²) in [5.41, 5.74) is 5.90. The maximum Gasteiger partial charge on any atom is 0.405 e. The molecule has 0 aliphatic carbocycles. The maximum absolute atomic E-state index is 11.3. The number of primary amides is 1. The van der Waals surface area contributed by atoms with Gasteiger partial charge in [-0.2, -0.15) is 0 Å². The van der Waals surface area contributed by atoms with Gasteiger partial charge in [-0.25, -0.2) is 13.2 Å². The largest absolute Gasteiger partial charge is 0.497 e. The van der Waals surface area contributed by atoms with Crippen molar-refractivity contribution < 1.29 is 22.7 Å². The van der Waals surface area contributed by atoms with Gasteiger partial charge in [0.2, 0.25) is 5.82 Å². The summed E-state index contributed by atoms with van der Waals surface area (Å²) in [5.74, 6) is 0.322. The van der Waals surface area contributed by atoms with E-state index in [9.17, 15) is 13.2 Å². The van der Waals surface area contributed by atoms with E-state index in [1.165, 1.54) is 0 Å². The molecule has 130 valence electrons. The Bertz CT molecular complexity index is 802. The van der Waals surface area contributed by atoms with Crippen LogP contribution in [0, 0.1) is 0 Å². The summed E-state index contributed by atoms with van der Waals surface area (Å²) < 4.78 is 32.6. The Kier molecular flexibility index (Phi) is 5.34. The van der Waals surface area contributed by atoms with E-state index in [2.05, 4.69) is 15.4 Å². The summed E-state index contributed by atoms with van der Waals surface area (Å²) in [6.45, 7) is 0. The molecule has 0 aliphatic rings. The fourth-order valence-electron chi connectivity index (χ4n) is 1.95. The van der Waals surface area contributed by atoms with E-state index >= 15 is 0 Å². The first kappa shape index (κ1) is 17.7. The summed E-state index contributed by atoms with van der Waals surface area (Å²) in [5, 5.41) is 11.3. The highest BCUT2D eigenvalue weighted by Gasteiger charge is 2.22. The number of rotatable bonds is 7. The van der Waals surface area contributed by atoms with Crippen molar-refractivity contribution in [2.75, 3.05) is 13.4 Å². The predicted octanol–water partition coefficient (Wildman–Crippen LogP) is 0.0629. The van der Waals surface area contributed by atoms with E-state index in [4.69, 9.17) is 15.2 Å². The van der Waals surface area contributed by atoms with Crippen molar-refractivity contribution in [2.45, 2.75) is 18.4 Å². The molecule has 1 aromatic heterocycles.